The number of halogens is 2. The van der Waals surface area contributed by atoms with Crippen LogP contribution in [0.2, 0.25) is 0 Å². The van der Waals surface area contributed by atoms with Crippen LogP contribution in [0.5, 0.6) is 5.75 Å². The Labute approximate surface area is 92.2 Å². The van der Waals surface area contributed by atoms with E-state index in [4.69, 9.17) is 10.5 Å². The van der Waals surface area contributed by atoms with Crippen LogP contribution < -0.4 is 10.5 Å². The molecular formula is C11H13F2NO2. The number of hydrogen-bond acceptors (Lipinski definition) is 3. The maximum atomic E-state index is 12.1. The van der Waals surface area contributed by atoms with Crippen molar-refractivity contribution in [1.29, 1.82) is 0 Å². The summed E-state index contributed by atoms with van der Waals surface area (Å²) >= 11 is 0. The van der Waals surface area contributed by atoms with Gasteiger partial charge in [-0.1, -0.05) is 12.1 Å². The fourth-order valence-electron chi connectivity index (χ4n) is 1.28. The Hall–Kier alpha value is -1.49. The van der Waals surface area contributed by atoms with Crippen molar-refractivity contribution in [3.63, 3.8) is 0 Å². The lowest BCUT2D eigenvalue weighted by Crippen LogP contribution is -2.13. The van der Waals surface area contributed by atoms with Gasteiger partial charge >= 0.3 is 5.97 Å². The zero-order valence-corrected chi connectivity index (χ0v) is 8.82. The van der Waals surface area contributed by atoms with E-state index in [0.29, 0.717) is 11.3 Å². The highest BCUT2D eigenvalue weighted by atomic mass is 19.3. The van der Waals surface area contributed by atoms with Crippen molar-refractivity contribution in [2.75, 3.05) is 0 Å². The minimum atomic E-state index is -2.43. The van der Waals surface area contributed by atoms with Crippen LogP contribution in [0.4, 0.5) is 8.78 Å². The van der Waals surface area contributed by atoms with Gasteiger partial charge in [-0.05, 0) is 17.7 Å². The van der Waals surface area contributed by atoms with Crippen LogP contribution in [0, 0.1) is 0 Å². The van der Waals surface area contributed by atoms with Crippen LogP contribution in [-0.4, -0.2) is 12.4 Å². The van der Waals surface area contributed by atoms with Gasteiger partial charge in [0.1, 0.15) is 5.75 Å². The Kier molecular flexibility index (Phi) is 4.37. The number of hydrogen-bond donors (Lipinski definition) is 1. The summed E-state index contributed by atoms with van der Waals surface area (Å²) in [5.41, 5.74) is 6.15. The second kappa shape index (κ2) is 5.55. The third-order valence-electron chi connectivity index (χ3n) is 2.00. The zero-order valence-electron chi connectivity index (χ0n) is 8.82. The van der Waals surface area contributed by atoms with E-state index < -0.39 is 18.4 Å². The number of nitrogens with two attached hydrogens (primary N) is 1. The summed E-state index contributed by atoms with van der Waals surface area (Å²) in [6.45, 7) is 1.29. The van der Waals surface area contributed by atoms with E-state index in [1.54, 1.807) is 12.1 Å². The van der Waals surface area contributed by atoms with Crippen LogP contribution in [0.15, 0.2) is 24.3 Å². The van der Waals surface area contributed by atoms with Crippen molar-refractivity contribution in [1.82, 2.24) is 0 Å². The van der Waals surface area contributed by atoms with E-state index in [-0.39, 0.29) is 6.42 Å². The van der Waals surface area contributed by atoms with Crippen molar-refractivity contribution in [3.8, 4) is 5.75 Å². The number of carbonyl (C=O) groups excluding carboxylic acids is 1. The molecule has 88 valence electrons. The van der Waals surface area contributed by atoms with E-state index in [1.165, 1.54) is 19.1 Å². The van der Waals surface area contributed by atoms with Gasteiger partial charge in [-0.3, -0.25) is 4.79 Å². The number of rotatable bonds is 4. The smallest absolute Gasteiger partial charge is 0.308 e. The fraction of sp³-hybridized carbons (Fsp3) is 0.364. The van der Waals surface area contributed by atoms with Gasteiger partial charge in [0, 0.05) is 19.4 Å². The van der Waals surface area contributed by atoms with Crippen molar-refractivity contribution >= 4 is 5.97 Å². The molecule has 0 amide bonds. The minimum Gasteiger partial charge on any atom is -0.427 e. The lowest BCUT2D eigenvalue weighted by atomic mass is 10.1. The topological polar surface area (TPSA) is 52.3 Å². The number of carbonyl (C=O) groups is 1. The van der Waals surface area contributed by atoms with E-state index in [0.717, 1.165) is 0 Å². The molecule has 0 radical (unpaired) electrons. The SMILES string of the molecule is CC(=O)Oc1ccc([C@H](N)CC(F)F)cc1. The van der Waals surface area contributed by atoms with Crippen molar-refractivity contribution in [3.05, 3.63) is 29.8 Å². The van der Waals surface area contributed by atoms with Crippen LogP contribution in [0.3, 0.4) is 0 Å². The molecule has 0 heterocycles. The summed E-state index contributed by atoms with van der Waals surface area (Å²) in [5, 5.41) is 0. The molecule has 0 aliphatic carbocycles. The number of ether oxygens (including phenoxy) is 1. The molecular weight excluding hydrogens is 216 g/mol. The molecule has 0 spiro atoms. The number of esters is 1. The summed E-state index contributed by atoms with van der Waals surface area (Å²) in [5.74, 6) is -0.0508. The second-order valence-corrected chi connectivity index (χ2v) is 3.40. The van der Waals surface area contributed by atoms with Crippen LogP contribution in [-0.2, 0) is 4.79 Å². The first kappa shape index (κ1) is 12.6. The first-order valence-electron chi connectivity index (χ1n) is 4.81. The predicted octanol–water partition coefficient (Wildman–Crippen LogP) is 2.27. The molecule has 0 saturated carbocycles. The summed E-state index contributed by atoms with van der Waals surface area (Å²) in [6, 6.07) is 5.51. The molecule has 16 heavy (non-hydrogen) atoms. The van der Waals surface area contributed by atoms with Gasteiger partial charge in [-0.25, -0.2) is 8.78 Å². The molecule has 1 aromatic rings. The highest BCUT2D eigenvalue weighted by Crippen LogP contribution is 2.20. The van der Waals surface area contributed by atoms with Gasteiger partial charge in [0.15, 0.2) is 0 Å². The first-order chi connectivity index (χ1) is 7.49. The van der Waals surface area contributed by atoms with E-state index in [2.05, 4.69) is 0 Å². The molecule has 1 rings (SSSR count). The first-order valence-corrected chi connectivity index (χ1v) is 4.81. The molecule has 1 aromatic carbocycles. The molecule has 2 N–H and O–H groups in total. The fourth-order valence-corrected chi connectivity index (χ4v) is 1.28. The molecule has 0 bridgehead atoms. The van der Waals surface area contributed by atoms with Gasteiger partial charge in [-0.2, -0.15) is 0 Å². The maximum Gasteiger partial charge on any atom is 0.308 e. The molecule has 0 saturated heterocycles. The van der Waals surface area contributed by atoms with Crippen LogP contribution in [0.25, 0.3) is 0 Å². The molecule has 0 fully saturated rings. The van der Waals surface area contributed by atoms with Crippen LogP contribution >= 0.6 is 0 Å². The molecule has 3 nitrogen and oxygen atoms in total. The van der Waals surface area contributed by atoms with E-state index >= 15 is 0 Å². The standard InChI is InChI=1S/C11H13F2NO2/c1-7(15)16-9-4-2-8(3-5-9)10(14)6-11(12)13/h2-5,10-11H,6,14H2,1H3/t10-/m1/s1. The van der Waals surface area contributed by atoms with Crippen molar-refractivity contribution in [2.24, 2.45) is 5.73 Å². The Morgan fingerprint density at radius 2 is 1.94 bits per heavy atom. The van der Waals surface area contributed by atoms with E-state index in [1.807, 2.05) is 0 Å². The Morgan fingerprint density at radius 1 is 1.38 bits per heavy atom. The summed E-state index contributed by atoms with van der Waals surface area (Å²) in [7, 11) is 0. The van der Waals surface area contributed by atoms with Crippen molar-refractivity contribution in [2.45, 2.75) is 25.8 Å². The van der Waals surface area contributed by atoms with Gasteiger partial charge in [-0.15, -0.1) is 0 Å². The highest BCUT2D eigenvalue weighted by molar-refractivity contribution is 5.69. The lowest BCUT2D eigenvalue weighted by molar-refractivity contribution is -0.131. The largest absolute Gasteiger partial charge is 0.427 e. The van der Waals surface area contributed by atoms with Gasteiger partial charge in [0.25, 0.3) is 0 Å². The number of alkyl halides is 2. The van der Waals surface area contributed by atoms with Crippen LogP contribution in [0.1, 0.15) is 24.9 Å². The highest BCUT2D eigenvalue weighted by Gasteiger charge is 2.12. The summed E-state index contributed by atoms with van der Waals surface area (Å²) < 4.78 is 28.9. The number of benzene rings is 1. The molecule has 0 aliphatic rings. The third kappa shape index (κ3) is 3.94. The average molecular weight is 229 g/mol. The van der Waals surface area contributed by atoms with Gasteiger partial charge in [0.05, 0.1) is 0 Å². The zero-order chi connectivity index (χ0) is 12.1. The Morgan fingerprint density at radius 3 is 2.38 bits per heavy atom. The monoisotopic (exact) mass is 229 g/mol. The summed E-state index contributed by atoms with van der Waals surface area (Å²) in [4.78, 5) is 10.6. The Balaban J connectivity index is 2.66. The molecule has 1 atom stereocenters. The molecule has 0 unspecified atom stereocenters. The minimum absolute atomic E-state index is 0.375. The maximum absolute atomic E-state index is 12.1. The van der Waals surface area contributed by atoms with Crippen molar-refractivity contribution < 1.29 is 18.3 Å². The van der Waals surface area contributed by atoms with E-state index in [9.17, 15) is 13.6 Å². The average Bonchev–Trinajstić information content (AvgIpc) is 2.16. The molecule has 0 aliphatic heterocycles. The molecule has 5 heteroatoms. The van der Waals surface area contributed by atoms with Gasteiger partial charge < -0.3 is 10.5 Å². The van der Waals surface area contributed by atoms with Gasteiger partial charge in [0.2, 0.25) is 6.43 Å². The third-order valence-corrected chi connectivity index (χ3v) is 2.00. The normalized spacial score (nSPS) is 12.6. The lowest BCUT2D eigenvalue weighted by Gasteiger charge is -2.11. The Bertz CT molecular complexity index is 352. The predicted molar refractivity (Wildman–Crippen MR) is 55.3 cm³/mol. The second-order valence-electron chi connectivity index (χ2n) is 3.40. The quantitative estimate of drug-likeness (QED) is 0.636. The molecule has 0 aromatic heterocycles. The summed E-state index contributed by atoms with van der Waals surface area (Å²) in [6.07, 6.45) is -2.81.